The molecule has 3 rings (SSSR count). The Bertz CT molecular complexity index is 692. The second-order valence-electron chi connectivity index (χ2n) is 7.03. The van der Waals surface area contributed by atoms with Gasteiger partial charge in [-0.1, -0.05) is 13.0 Å². The Labute approximate surface area is 148 Å². The quantitative estimate of drug-likeness (QED) is 0.805. The Hall–Kier alpha value is -1.06. The van der Waals surface area contributed by atoms with Crippen molar-refractivity contribution in [2.75, 3.05) is 26.2 Å². The minimum absolute atomic E-state index is 0.102. The van der Waals surface area contributed by atoms with Crippen LogP contribution in [0.4, 0.5) is 4.39 Å². The monoisotopic (exact) mass is 372 g/mol. The molecule has 0 amide bonds. The fraction of sp³-hybridized carbons (Fsp3) is 0.647. The molecular formula is C17H25FN2O4S. The Morgan fingerprint density at radius 1 is 1.36 bits per heavy atom. The molecule has 3 atom stereocenters. The van der Waals surface area contributed by atoms with E-state index in [2.05, 4.69) is 16.5 Å². The lowest BCUT2D eigenvalue weighted by atomic mass is 9.98. The first-order chi connectivity index (χ1) is 11.8. The molecule has 140 valence electrons. The summed E-state index contributed by atoms with van der Waals surface area (Å²) in [6.45, 7) is 4.85. The standard InChI is InChI=1S/C17H25FN2O4S/c1-12-5-7-20(8-6-12)10-16-17(21)15(11-24-16)19-25(22,23)14-4-2-3-13(18)9-14/h2-4,9,12,15-17,19,21H,5-8,10-11H2,1H3. The molecule has 2 aliphatic heterocycles. The van der Waals surface area contributed by atoms with Crippen molar-refractivity contribution in [1.29, 1.82) is 0 Å². The molecule has 8 heteroatoms. The Balaban J connectivity index is 1.59. The summed E-state index contributed by atoms with van der Waals surface area (Å²) >= 11 is 0. The molecular weight excluding hydrogens is 347 g/mol. The molecule has 2 fully saturated rings. The highest BCUT2D eigenvalue weighted by molar-refractivity contribution is 7.89. The van der Waals surface area contributed by atoms with Crippen LogP contribution in [-0.2, 0) is 14.8 Å². The van der Waals surface area contributed by atoms with Crippen LogP contribution in [0.1, 0.15) is 19.8 Å². The average molecular weight is 372 g/mol. The lowest BCUT2D eigenvalue weighted by molar-refractivity contribution is 0.00897. The van der Waals surface area contributed by atoms with Gasteiger partial charge in [-0.3, -0.25) is 0 Å². The van der Waals surface area contributed by atoms with Crippen molar-refractivity contribution in [3.8, 4) is 0 Å². The van der Waals surface area contributed by atoms with E-state index in [0.29, 0.717) is 6.54 Å². The van der Waals surface area contributed by atoms with Crippen molar-refractivity contribution in [3.63, 3.8) is 0 Å². The van der Waals surface area contributed by atoms with Crippen molar-refractivity contribution < 1.29 is 22.7 Å². The van der Waals surface area contributed by atoms with Crippen LogP contribution < -0.4 is 4.72 Å². The second-order valence-corrected chi connectivity index (χ2v) is 8.74. The van der Waals surface area contributed by atoms with Gasteiger partial charge in [0, 0.05) is 6.54 Å². The number of piperidine rings is 1. The van der Waals surface area contributed by atoms with E-state index in [4.69, 9.17) is 4.74 Å². The van der Waals surface area contributed by atoms with E-state index in [0.717, 1.165) is 37.9 Å². The highest BCUT2D eigenvalue weighted by Gasteiger charge is 2.39. The van der Waals surface area contributed by atoms with Crippen LogP contribution in [0.25, 0.3) is 0 Å². The fourth-order valence-electron chi connectivity index (χ4n) is 3.35. The number of hydrogen-bond acceptors (Lipinski definition) is 5. The molecule has 6 nitrogen and oxygen atoms in total. The van der Waals surface area contributed by atoms with Crippen molar-refractivity contribution in [2.24, 2.45) is 5.92 Å². The fourth-order valence-corrected chi connectivity index (χ4v) is 4.62. The van der Waals surface area contributed by atoms with Gasteiger partial charge in [0.15, 0.2) is 0 Å². The molecule has 2 heterocycles. The van der Waals surface area contributed by atoms with Crippen molar-refractivity contribution in [3.05, 3.63) is 30.1 Å². The predicted molar refractivity (Wildman–Crippen MR) is 91.1 cm³/mol. The Kier molecular flexibility index (Phi) is 5.75. The summed E-state index contributed by atoms with van der Waals surface area (Å²) < 4.78 is 46.0. The molecule has 3 unspecified atom stereocenters. The molecule has 25 heavy (non-hydrogen) atoms. The van der Waals surface area contributed by atoms with Crippen LogP contribution >= 0.6 is 0 Å². The summed E-state index contributed by atoms with van der Waals surface area (Å²) in [4.78, 5) is 2.09. The summed E-state index contributed by atoms with van der Waals surface area (Å²) in [7, 11) is -3.91. The average Bonchev–Trinajstić information content (AvgIpc) is 2.90. The SMILES string of the molecule is CC1CCN(CC2OCC(NS(=O)(=O)c3cccc(F)c3)C2O)CC1. The number of rotatable bonds is 5. The zero-order chi connectivity index (χ0) is 18.0. The molecule has 0 bridgehead atoms. The van der Waals surface area contributed by atoms with Crippen LogP contribution in [0, 0.1) is 11.7 Å². The molecule has 1 aromatic carbocycles. The van der Waals surface area contributed by atoms with Gasteiger partial charge in [-0.05, 0) is 50.0 Å². The number of aliphatic hydroxyl groups excluding tert-OH is 1. The Morgan fingerprint density at radius 2 is 2.08 bits per heavy atom. The number of hydrogen-bond donors (Lipinski definition) is 2. The van der Waals surface area contributed by atoms with Crippen molar-refractivity contribution in [1.82, 2.24) is 9.62 Å². The van der Waals surface area contributed by atoms with E-state index >= 15 is 0 Å². The smallest absolute Gasteiger partial charge is 0.241 e. The predicted octanol–water partition coefficient (Wildman–Crippen LogP) is 0.964. The normalized spacial score (nSPS) is 29.2. The lowest BCUT2D eigenvalue weighted by Crippen LogP contribution is -2.47. The van der Waals surface area contributed by atoms with Gasteiger partial charge in [0.25, 0.3) is 0 Å². The van der Waals surface area contributed by atoms with Crippen molar-refractivity contribution >= 4 is 10.0 Å². The molecule has 0 saturated carbocycles. The van der Waals surface area contributed by atoms with E-state index in [1.54, 1.807) is 0 Å². The van der Waals surface area contributed by atoms with E-state index < -0.39 is 34.1 Å². The third kappa shape index (κ3) is 4.57. The molecule has 0 aromatic heterocycles. The van der Waals surface area contributed by atoms with Gasteiger partial charge >= 0.3 is 0 Å². The molecule has 2 aliphatic rings. The third-order valence-electron chi connectivity index (χ3n) is 5.01. The number of benzene rings is 1. The number of aliphatic hydroxyl groups is 1. The van der Waals surface area contributed by atoms with Crippen LogP contribution in [0.15, 0.2) is 29.2 Å². The molecule has 2 saturated heterocycles. The van der Waals surface area contributed by atoms with Gasteiger partial charge < -0.3 is 14.7 Å². The first kappa shape index (κ1) is 18.7. The van der Waals surface area contributed by atoms with Crippen molar-refractivity contribution in [2.45, 2.75) is 42.9 Å². The van der Waals surface area contributed by atoms with Crippen LogP contribution in [0.3, 0.4) is 0 Å². The number of ether oxygens (including phenoxy) is 1. The maximum Gasteiger partial charge on any atom is 0.241 e. The summed E-state index contributed by atoms with van der Waals surface area (Å²) in [6, 6.07) is 4.06. The summed E-state index contributed by atoms with van der Waals surface area (Å²) in [5, 5.41) is 10.4. The van der Waals surface area contributed by atoms with Crippen LogP contribution in [0.5, 0.6) is 0 Å². The van der Waals surface area contributed by atoms with E-state index in [9.17, 15) is 17.9 Å². The largest absolute Gasteiger partial charge is 0.389 e. The molecule has 0 radical (unpaired) electrons. The van der Waals surface area contributed by atoms with E-state index in [-0.39, 0.29) is 11.5 Å². The summed E-state index contributed by atoms with van der Waals surface area (Å²) in [6.07, 6.45) is 0.896. The molecule has 1 aromatic rings. The Morgan fingerprint density at radius 3 is 2.76 bits per heavy atom. The number of halogens is 1. The molecule has 2 N–H and O–H groups in total. The van der Waals surface area contributed by atoms with Gasteiger partial charge in [-0.25, -0.2) is 17.5 Å². The number of nitrogens with zero attached hydrogens (tertiary/aromatic N) is 1. The number of sulfonamides is 1. The second kappa shape index (κ2) is 7.67. The van der Waals surface area contributed by atoms with E-state index in [1.165, 1.54) is 18.2 Å². The van der Waals surface area contributed by atoms with Gasteiger partial charge in [0.2, 0.25) is 10.0 Å². The minimum Gasteiger partial charge on any atom is -0.389 e. The zero-order valence-electron chi connectivity index (χ0n) is 14.3. The van der Waals surface area contributed by atoms with E-state index in [1.807, 2.05) is 0 Å². The third-order valence-corrected chi connectivity index (χ3v) is 6.50. The maximum atomic E-state index is 13.3. The van der Waals surface area contributed by atoms with Gasteiger partial charge in [0.1, 0.15) is 5.82 Å². The lowest BCUT2D eigenvalue weighted by Gasteiger charge is -2.32. The first-order valence-electron chi connectivity index (χ1n) is 8.65. The molecule has 0 spiro atoms. The topological polar surface area (TPSA) is 78.9 Å². The zero-order valence-corrected chi connectivity index (χ0v) is 15.1. The highest BCUT2D eigenvalue weighted by Crippen LogP contribution is 2.22. The van der Waals surface area contributed by atoms with Crippen LogP contribution in [-0.4, -0.2) is 62.9 Å². The summed E-state index contributed by atoms with van der Waals surface area (Å²) in [5.74, 6) is 0.0970. The van der Waals surface area contributed by atoms with Crippen LogP contribution in [0.2, 0.25) is 0 Å². The number of nitrogens with one attached hydrogen (secondary N) is 1. The molecule has 0 aliphatic carbocycles. The number of likely N-dealkylation sites (tertiary alicyclic amines) is 1. The maximum absolute atomic E-state index is 13.3. The first-order valence-corrected chi connectivity index (χ1v) is 10.1. The van der Waals surface area contributed by atoms with Gasteiger partial charge in [-0.15, -0.1) is 0 Å². The summed E-state index contributed by atoms with van der Waals surface area (Å²) in [5.41, 5.74) is 0. The van der Waals surface area contributed by atoms with Gasteiger partial charge in [0.05, 0.1) is 29.8 Å². The minimum atomic E-state index is -3.91. The van der Waals surface area contributed by atoms with Gasteiger partial charge in [-0.2, -0.15) is 0 Å². The highest BCUT2D eigenvalue weighted by atomic mass is 32.2.